The van der Waals surface area contributed by atoms with Crippen molar-refractivity contribution in [1.29, 1.82) is 0 Å². The Labute approximate surface area is 130 Å². The van der Waals surface area contributed by atoms with Gasteiger partial charge in [-0.25, -0.2) is 4.99 Å². The molecule has 1 aliphatic carbocycles. The minimum Gasteiger partial charge on any atom is -0.261 e. The molecule has 0 saturated heterocycles. The van der Waals surface area contributed by atoms with E-state index in [-0.39, 0.29) is 0 Å². The van der Waals surface area contributed by atoms with Gasteiger partial charge in [-0.1, -0.05) is 42.0 Å². The Balaban J connectivity index is 1.95. The molecule has 106 valence electrons. The first-order valence-electron chi connectivity index (χ1n) is 7.44. The van der Waals surface area contributed by atoms with Crippen LogP contribution in [-0.4, -0.2) is 10.7 Å². The average molecular weight is 284 g/mol. The van der Waals surface area contributed by atoms with Gasteiger partial charge < -0.3 is 0 Å². The Bertz CT molecular complexity index is 890. The molecule has 0 bridgehead atoms. The number of aromatic nitrogens is 1. The lowest BCUT2D eigenvalue weighted by Gasteiger charge is -2.02. The van der Waals surface area contributed by atoms with Gasteiger partial charge in [0.15, 0.2) is 0 Å². The van der Waals surface area contributed by atoms with Gasteiger partial charge in [-0.3, -0.25) is 4.98 Å². The molecule has 22 heavy (non-hydrogen) atoms. The van der Waals surface area contributed by atoms with Crippen LogP contribution in [0.1, 0.15) is 22.4 Å². The monoisotopic (exact) mass is 284 g/mol. The summed E-state index contributed by atoms with van der Waals surface area (Å²) >= 11 is 0. The maximum Gasteiger partial charge on any atom is 0.0809 e. The van der Waals surface area contributed by atoms with E-state index in [4.69, 9.17) is 4.99 Å². The molecule has 1 heterocycles. The SMILES string of the molecule is Cc1ccc(N=C2c3ccccc3-c3cc(C)ncc32)cc1. The maximum absolute atomic E-state index is 4.89. The predicted octanol–water partition coefficient (Wildman–Crippen LogP) is 4.85. The third kappa shape index (κ3) is 2.04. The van der Waals surface area contributed by atoms with Gasteiger partial charge in [0.1, 0.15) is 0 Å². The second-order valence-corrected chi connectivity index (χ2v) is 5.71. The zero-order valence-corrected chi connectivity index (χ0v) is 12.7. The van der Waals surface area contributed by atoms with Crippen LogP contribution >= 0.6 is 0 Å². The first kappa shape index (κ1) is 13.0. The molecule has 0 atom stereocenters. The Kier molecular flexibility index (Phi) is 2.90. The molecule has 1 aliphatic rings. The van der Waals surface area contributed by atoms with E-state index in [2.05, 4.69) is 66.5 Å². The van der Waals surface area contributed by atoms with Crippen LogP contribution in [0.4, 0.5) is 5.69 Å². The molecule has 3 aromatic rings. The summed E-state index contributed by atoms with van der Waals surface area (Å²) in [5, 5.41) is 0. The van der Waals surface area contributed by atoms with Crippen LogP contribution in [0, 0.1) is 13.8 Å². The predicted molar refractivity (Wildman–Crippen MR) is 90.9 cm³/mol. The lowest BCUT2D eigenvalue weighted by molar-refractivity contribution is 1.20. The van der Waals surface area contributed by atoms with Crippen molar-refractivity contribution >= 4 is 11.4 Å². The second kappa shape index (κ2) is 4.92. The Morgan fingerprint density at radius 3 is 2.27 bits per heavy atom. The van der Waals surface area contributed by atoms with E-state index in [0.717, 1.165) is 22.7 Å². The number of rotatable bonds is 1. The van der Waals surface area contributed by atoms with E-state index >= 15 is 0 Å². The average Bonchev–Trinajstić information content (AvgIpc) is 2.83. The Morgan fingerprint density at radius 1 is 0.773 bits per heavy atom. The molecular formula is C20H16N2. The lowest BCUT2D eigenvalue weighted by Crippen LogP contribution is -1.98. The highest BCUT2D eigenvalue weighted by atomic mass is 14.8. The van der Waals surface area contributed by atoms with Crippen molar-refractivity contribution in [1.82, 2.24) is 4.98 Å². The van der Waals surface area contributed by atoms with Crippen molar-refractivity contribution in [2.45, 2.75) is 13.8 Å². The number of aliphatic imine (C=N–C) groups is 1. The molecule has 4 rings (SSSR count). The van der Waals surface area contributed by atoms with E-state index in [0.29, 0.717) is 0 Å². The number of fused-ring (bicyclic) bond motifs is 3. The van der Waals surface area contributed by atoms with Crippen molar-refractivity contribution < 1.29 is 0 Å². The van der Waals surface area contributed by atoms with Crippen LogP contribution < -0.4 is 0 Å². The zero-order valence-electron chi connectivity index (χ0n) is 12.7. The summed E-state index contributed by atoms with van der Waals surface area (Å²) in [5.41, 5.74) is 9.05. The van der Waals surface area contributed by atoms with E-state index in [9.17, 15) is 0 Å². The number of nitrogens with zero attached hydrogens (tertiary/aromatic N) is 2. The molecule has 0 aliphatic heterocycles. The van der Waals surface area contributed by atoms with Crippen molar-refractivity contribution in [2.75, 3.05) is 0 Å². The summed E-state index contributed by atoms with van der Waals surface area (Å²) in [7, 11) is 0. The molecule has 1 aromatic heterocycles. The highest BCUT2D eigenvalue weighted by molar-refractivity contribution is 6.25. The first-order chi connectivity index (χ1) is 10.7. The van der Waals surface area contributed by atoms with Crippen LogP contribution in [0.2, 0.25) is 0 Å². The molecule has 2 heteroatoms. The summed E-state index contributed by atoms with van der Waals surface area (Å²) in [6.07, 6.45) is 1.94. The quantitative estimate of drug-likeness (QED) is 0.490. The third-order valence-corrected chi connectivity index (χ3v) is 4.04. The summed E-state index contributed by atoms with van der Waals surface area (Å²) in [6, 6.07) is 18.9. The molecular weight excluding hydrogens is 268 g/mol. The van der Waals surface area contributed by atoms with E-state index in [1.54, 1.807) is 0 Å². The van der Waals surface area contributed by atoms with Crippen LogP contribution in [-0.2, 0) is 0 Å². The summed E-state index contributed by atoms with van der Waals surface area (Å²) in [5.74, 6) is 0. The first-order valence-corrected chi connectivity index (χ1v) is 7.44. The fourth-order valence-electron chi connectivity index (χ4n) is 2.91. The molecule has 0 fully saturated rings. The van der Waals surface area contributed by atoms with Gasteiger partial charge in [0.2, 0.25) is 0 Å². The molecule has 0 N–H and O–H groups in total. The van der Waals surface area contributed by atoms with E-state index in [1.165, 1.54) is 22.3 Å². The number of aryl methyl sites for hydroxylation is 2. The van der Waals surface area contributed by atoms with E-state index in [1.807, 2.05) is 13.1 Å². The van der Waals surface area contributed by atoms with Crippen molar-refractivity contribution in [2.24, 2.45) is 4.99 Å². The van der Waals surface area contributed by atoms with Crippen LogP contribution in [0.3, 0.4) is 0 Å². The number of pyridine rings is 1. The minimum absolute atomic E-state index is 0.976. The molecule has 2 aromatic carbocycles. The molecule has 0 amide bonds. The standard InChI is InChI=1S/C20H16N2/c1-13-7-9-15(10-8-13)22-20-17-6-4-3-5-16(17)18-11-14(2)21-12-19(18)20/h3-12H,1-2H3. The van der Waals surface area contributed by atoms with Gasteiger partial charge in [0.25, 0.3) is 0 Å². The van der Waals surface area contributed by atoms with Crippen molar-refractivity contribution in [3.63, 3.8) is 0 Å². The fraction of sp³-hybridized carbons (Fsp3) is 0.100. The maximum atomic E-state index is 4.89. The van der Waals surface area contributed by atoms with Crippen molar-refractivity contribution in [3.8, 4) is 11.1 Å². The van der Waals surface area contributed by atoms with Crippen LogP contribution in [0.15, 0.2) is 65.8 Å². The molecule has 0 radical (unpaired) electrons. The minimum atomic E-state index is 0.976. The van der Waals surface area contributed by atoms with Crippen LogP contribution in [0.25, 0.3) is 11.1 Å². The highest BCUT2D eigenvalue weighted by Crippen LogP contribution is 2.37. The molecule has 0 spiro atoms. The number of hydrogen-bond donors (Lipinski definition) is 0. The van der Waals surface area contributed by atoms with E-state index < -0.39 is 0 Å². The topological polar surface area (TPSA) is 25.2 Å². The molecule has 0 saturated carbocycles. The Hall–Kier alpha value is -2.74. The lowest BCUT2D eigenvalue weighted by atomic mass is 10.1. The van der Waals surface area contributed by atoms with Gasteiger partial charge in [-0.2, -0.15) is 0 Å². The van der Waals surface area contributed by atoms with Gasteiger partial charge in [0.05, 0.1) is 11.4 Å². The third-order valence-electron chi connectivity index (χ3n) is 4.04. The smallest absolute Gasteiger partial charge is 0.0809 e. The van der Waals surface area contributed by atoms with Gasteiger partial charge in [-0.05, 0) is 43.2 Å². The zero-order chi connectivity index (χ0) is 15.1. The summed E-state index contributed by atoms with van der Waals surface area (Å²) in [4.78, 5) is 9.35. The van der Waals surface area contributed by atoms with Gasteiger partial charge in [0, 0.05) is 23.0 Å². The fourth-order valence-corrected chi connectivity index (χ4v) is 2.91. The Morgan fingerprint density at radius 2 is 1.50 bits per heavy atom. The number of hydrogen-bond acceptors (Lipinski definition) is 2. The van der Waals surface area contributed by atoms with Crippen LogP contribution in [0.5, 0.6) is 0 Å². The highest BCUT2D eigenvalue weighted by Gasteiger charge is 2.24. The largest absolute Gasteiger partial charge is 0.261 e. The normalized spacial score (nSPS) is 14.0. The van der Waals surface area contributed by atoms with Crippen molar-refractivity contribution in [3.05, 3.63) is 83.2 Å². The molecule has 2 nitrogen and oxygen atoms in total. The molecule has 0 unspecified atom stereocenters. The van der Waals surface area contributed by atoms with Gasteiger partial charge >= 0.3 is 0 Å². The summed E-state index contributed by atoms with van der Waals surface area (Å²) in [6.45, 7) is 4.11. The second-order valence-electron chi connectivity index (χ2n) is 5.71. The number of benzene rings is 2. The summed E-state index contributed by atoms with van der Waals surface area (Å²) < 4.78 is 0. The van der Waals surface area contributed by atoms with Gasteiger partial charge in [-0.15, -0.1) is 0 Å².